The van der Waals surface area contributed by atoms with Crippen LogP contribution in [0.2, 0.25) is 0 Å². The zero-order chi connectivity index (χ0) is 39.9. The number of aromatic amines is 2. The Morgan fingerprint density at radius 1 is 0.414 bits per heavy atom. The third kappa shape index (κ3) is 6.33. The van der Waals surface area contributed by atoms with Crippen LogP contribution in [0.1, 0.15) is 54.6 Å². The van der Waals surface area contributed by atoms with Crippen molar-refractivity contribution in [2.75, 3.05) is 0 Å². The Labute approximate surface area is 332 Å². The fraction of sp³-hybridized carbons (Fsp3) is 0. The highest BCUT2D eigenvalue weighted by atomic mass is 16.4. The number of hydrogen-bond acceptors (Lipinski definition) is 4. The first-order chi connectivity index (χ1) is 28.3. The average Bonchev–Trinajstić information content (AvgIpc) is 4.10. The number of rotatable bonds is 6. The first-order valence-electron chi connectivity index (χ1n) is 18.3. The Kier molecular flexibility index (Phi) is 8.70. The predicted octanol–water partition coefficient (Wildman–Crippen LogP) is 10.7. The molecule has 274 valence electrons. The number of carboxylic acid groups (broad SMARTS) is 2. The van der Waals surface area contributed by atoms with Crippen molar-refractivity contribution in [2.24, 2.45) is 0 Å². The minimum absolute atomic E-state index is 0.174. The maximum absolute atomic E-state index is 11.8. The molecule has 0 saturated heterocycles. The van der Waals surface area contributed by atoms with Crippen LogP contribution in [0.4, 0.5) is 0 Å². The first kappa shape index (κ1) is 35.3. The molecule has 0 amide bonds. The molecule has 2 aliphatic rings. The summed E-state index contributed by atoms with van der Waals surface area (Å²) in [5.41, 5.74) is 14.1. The Morgan fingerprint density at radius 3 is 0.914 bits per heavy atom. The molecule has 4 N–H and O–H groups in total. The molecule has 2 aliphatic heterocycles. The topological polar surface area (TPSA) is 132 Å². The summed E-state index contributed by atoms with van der Waals surface area (Å²) in [5.74, 6) is 3.36. The number of nitrogens with one attached hydrogen (secondary N) is 2. The van der Waals surface area contributed by atoms with Gasteiger partial charge in [-0.1, -0.05) is 60.4 Å². The molecule has 58 heavy (non-hydrogen) atoms. The van der Waals surface area contributed by atoms with Crippen LogP contribution in [0.3, 0.4) is 0 Å². The minimum atomic E-state index is -1.01. The number of aromatic carboxylic acids is 2. The Bertz CT molecular complexity index is 2940. The number of nitrogens with zero attached hydrogens (tertiary/aromatic N) is 2. The van der Waals surface area contributed by atoms with Gasteiger partial charge in [0.2, 0.25) is 0 Å². The van der Waals surface area contributed by atoms with Gasteiger partial charge in [0.25, 0.3) is 0 Å². The van der Waals surface area contributed by atoms with Gasteiger partial charge in [0.1, 0.15) is 0 Å². The van der Waals surface area contributed by atoms with Crippen molar-refractivity contribution < 1.29 is 19.8 Å². The molecule has 0 saturated carbocycles. The summed E-state index contributed by atoms with van der Waals surface area (Å²) in [7, 11) is 0. The third-order valence-corrected chi connectivity index (χ3v) is 10.3. The van der Waals surface area contributed by atoms with E-state index in [1.165, 1.54) is 0 Å². The SMILES string of the molecule is C#Cc1ccc(-c2c3nc(c(-c4ccc(C(=O)O)cc4)c4ccc([nH]4)c(-c4ccc(C#C)cc4)c4nc(c(-c5ccc(C(=O)O)cc5)c5ccc2[nH]5)C=C4)C=C3)cc1. The molecule has 0 aliphatic carbocycles. The lowest BCUT2D eigenvalue weighted by atomic mass is 10.0. The summed E-state index contributed by atoms with van der Waals surface area (Å²) in [4.78, 5) is 41.5. The number of terminal acetylenes is 2. The zero-order valence-electron chi connectivity index (χ0n) is 30.6. The average molecular weight is 751 g/mol. The number of carbonyl (C=O) groups is 2. The van der Waals surface area contributed by atoms with E-state index in [-0.39, 0.29) is 11.1 Å². The number of fused-ring (bicyclic) bond motifs is 8. The van der Waals surface area contributed by atoms with E-state index < -0.39 is 11.9 Å². The van der Waals surface area contributed by atoms with Crippen molar-refractivity contribution in [3.63, 3.8) is 0 Å². The van der Waals surface area contributed by atoms with E-state index >= 15 is 0 Å². The second kappa shape index (κ2) is 14.3. The second-order valence-electron chi connectivity index (χ2n) is 13.7. The van der Waals surface area contributed by atoms with Gasteiger partial charge in [-0.25, -0.2) is 19.6 Å². The highest BCUT2D eigenvalue weighted by Crippen LogP contribution is 2.38. The van der Waals surface area contributed by atoms with Gasteiger partial charge in [0.05, 0.1) is 33.9 Å². The lowest BCUT2D eigenvalue weighted by Gasteiger charge is -2.07. The highest BCUT2D eigenvalue weighted by molar-refractivity contribution is 6.00. The number of hydrogen-bond donors (Lipinski definition) is 4. The molecule has 4 aromatic carbocycles. The molecule has 8 bridgehead atoms. The van der Waals surface area contributed by atoms with E-state index in [2.05, 4.69) is 21.8 Å². The van der Waals surface area contributed by atoms with Crippen LogP contribution >= 0.6 is 0 Å². The van der Waals surface area contributed by atoms with E-state index in [1.807, 2.05) is 97.1 Å². The van der Waals surface area contributed by atoms with Crippen molar-refractivity contribution >= 4 is 58.3 Å². The molecule has 0 fully saturated rings. The monoisotopic (exact) mass is 750 g/mol. The fourth-order valence-electron chi connectivity index (χ4n) is 7.45. The zero-order valence-corrected chi connectivity index (χ0v) is 30.6. The molecule has 7 aromatic rings. The van der Waals surface area contributed by atoms with Crippen LogP contribution in [0, 0.1) is 24.7 Å². The van der Waals surface area contributed by atoms with Gasteiger partial charge in [0, 0.05) is 55.4 Å². The van der Waals surface area contributed by atoms with Gasteiger partial charge in [-0.15, -0.1) is 12.8 Å². The van der Waals surface area contributed by atoms with Crippen molar-refractivity contribution in [2.45, 2.75) is 0 Å². The van der Waals surface area contributed by atoms with Crippen molar-refractivity contribution in [1.82, 2.24) is 19.9 Å². The molecular weight excluding hydrogens is 721 g/mol. The smallest absolute Gasteiger partial charge is 0.335 e. The summed E-state index contributed by atoms with van der Waals surface area (Å²) < 4.78 is 0. The normalized spacial score (nSPS) is 11.6. The van der Waals surface area contributed by atoms with Gasteiger partial charge in [-0.05, 0) is 119 Å². The molecule has 3 aromatic heterocycles. The van der Waals surface area contributed by atoms with E-state index in [9.17, 15) is 19.8 Å². The molecule has 5 heterocycles. The van der Waals surface area contributed by atoms with Crippen molar-refractivity contribution in [3.8, 4) is 69.2 Å². The number of H-pyrrole nitrogens is 2. The van der Waals surface area contributed by atoms with Gasteiger partial charge >= 0.3 is 11.9 Å². The number of carboxylic acids is 2. The summed E-state index contributed by atoms with van der Waals surface area (Å²) in [6.07, 6.45) is 19.3. The van der Waals surface area contributed by atoms with E-state index in [0.717, 1.165) is 77.7 Å². The van der Waals surface area contributed by atoms with E-state index in [0.29, 0.717) is 22.8 Å². The Morgan fingerprint density at radius 2 is 0.672 bits per heavy atom. The summed E-state index contributed by atoms with van der Waals surface area (Å²) in [5, 5.41) is 19.4. The fourth-order valence-corrected chi connectivity index (χ4v) is 7.45. The van der Waals surface area contributed by atoms with Crippen LogP contribution < -0.4 is 0 Å². The van der Waals surface area contributed by atoms with E-state index in [1.54, 1.807) is 48.5 Å². The number of benzene rings is 4. The maximum atomic E-state index is 11.8. The third-order valence-electron chi connectivity index (χ3n) is 10.3. The molecule has 8 nitrogen and oxygen atoms in total. The lowest BCUT2D eigenvalue weighted by Crippen LogP contribution is -1.95. The van der Waals surface area contributed by atoms with Crippen LogP contribution in [-0.2, 0) is 0 Å². The molecule has 0 atom stereocenters. The quantitative estimate of drug-likeness (QED) is 0.125. The van der Waals surface area contributed by atoms with Crippen LogP contribution in [0.15, 0.2) is 121 Å². The van der Waals surface area contributed by atoms with Crippen LogP contribution in [0.25, 0.3) is 90.9 Å². The highest BCUT2D eigenvalue weighted by Gasteiger charge is 2.19. The first-order valence-corrected chi connectivity index (χ1v) is 18.3. The summed E-state index contributed by atoms with van der Waals surface area (Å²) in [6, 6.07) is 36.9. The van der Waals surface area contributed by atoms with Gasteiger partial charge in [-0.3, -0.25) is 0 Å². The van der Waals surface area contributed by atoms with Crippen LogP contribution in [-0.4, -0.2) is 42.1 Å². The van der Waals surface area contributed by atoms with Gasteiger partial charge in [0.15, 0.2) is 0 Å². The van der Waals surface area contributed by atoms with Gasteiger partial charge < -0.3 is 20.2 Å². The molecule has 0 spiro atoms. The van der Waals surface area contributed by atoms with Crippen molar-refractivity contribution in [3.05, 3.63) is 166 Å². The van der Waals surface area contributed by atoms with E-state index in [4.69, 9.17) is 22.8 Å². The summed E-state index contributed by atoms with van der Waals surface area (Å²) in [6.45, 7) is 0. The largest absolute Gasteiger partial charge is 0.478 e. The van der Waals surface area contributed by atoms with Crippen molar-refractivity contribution in [1.29, 1.82) is 0 Å². The molecular formula is C50H30N4O4. The summed E-state index contributed by atoms with van der Waals surface area (Å²) >= 11 is 0. The molecule has 8 heteroatoms. The van der Waals surface area contributed by atoms with Crippen LogP contribution in [0.5, 0.6) is 0 Å². The number of aromatic nitrogens is 4. The molecule has 9 rings (SSSR count). The second-order valence-corrected chi connectivity index (χ2v) is 13.7. The molecule has 0 radical (unpaired) electrons. The predicted molar refractivity (Wildman–Crippen MR) is 230 cm³/mol. The molecule has 0 unspecified atom stereocenters. The Hall–Kier alpha value is -8.46. The lowest BCUT2D eigenvalue weighted by molar-refractivity contribution is 0.0686. The Balaban J connectivity index is 1.44. The minimum Gasteiger partial charge on any atom is -0.478 e. The van der Waals surface area contributed by atoms with Gasteiger partial charge in [-0.2, -0.15) is 0 Å². The maximum Gasteiger partial charge on any atom is 0.335 e. The standard InChI is InChI=1S/C50H30N4O4/c1-3-29-5-9-31(10-6-29)45-37-21-25-41(51-37)47(33-13-17-35(18-14-33)49(55)56)43-27-23-39(53-43)46(32-11-7-30(4-2)8-12-32)40-24-28-44(54-40)48(42-26-22-38(45)52-42)34-15-19-36(20-16-34)50(57)58/h1-2,5-28,51,54H,(H,55,56)(H,57,58).